The molecule has 1 unspecified atom stereocenters. The van der Waals surface area contributed by atoms with Crippen molar-refractivity contribution in [2.75, 3.05) is 38.6 Å². The predicted octanol–water partition coefficient (Wildman–Crippen LogP) is 4.88. The summed E-state index contributed by atoms with van der Waals surface area (Å²) in [6.45, 7) is 2.73. The largest absolute Gasteiger partial charge is 0.495 e. The van der Waals surface area contributed by atoms with Crippen LogP contribution in [0.1, 0.15) is 30.1 Å². The van der Waals surface area contributed by atoms with E-state index >= 15 is 0 Å². The Morgan fingerprint density at radius 1 is 1.03 bits per heavy atom. The minimum Gasteiger partial charge on any atom is -0.495 e. The number of nitrogens with one attached hydrogen (secondary N) is 1. The Hall–Kier alpha value is -2.40. The highest BCUT2D eigenvalue weighted by molar-refractivity contribution is 7.92. The molecule has 0 spiro atoms. The summed E-state index contributed by atoms with van der Waals surface area (Å²) >= 11 is 18.4. The number of hydrogen-bond acceptors (Lipinski definition) is 7. The van der Waals surface area contributed by atoms with Gasteiger partial charge in [-0.25, -0.2) is 13.2 Å². The van der Waals surface area contributed by atoms with Gasteiger partial charge in [-0.2, -0.15) is 0 Å². The average Bonchev–Trinajstić information content (AvgIpc) is 2.82. The first-order valence-electron chi connectivity index (χ1n) is 10.8. The molecular weight excluding hydrogens is 555 g/mol. The smallest absolute Gasteiger partial charge is 0.340 e. The van der Waals surface area contributed by atoms with Crippen molar-refractivity contribution < 1.29 is 32.2 Å². The Labute approximate surface area is 224 Å². The molecule has 0 aliphatic carbocycles. The van der Waals surface area contributed by atoms with Gasteiger partial charge in [0.15, 0.2) is 6.61 Å². The number of likely N-dealkylation sites (tertiary alicyclic amines) is 1. The van der Waals surface area contributed by atoms with E-state index in [0.29, 0.717) is 19.0 Å². The summed E-state index contributed by atoms with van der Waals surface area (Å²) in [4.78, 5) is 26.3. The summed E-state index contributed by atoms with van der Waals surface area (Å²) in [5.41, 5.74) is -0.249. The summed E-state index contributed by atoms with van der Waals surface area (Å²) < 4.78 is 44.1. The summed E-state index contributed by atoms with van der Waals surface area (Å²) in [5.74, 6) is -0.521. The number of piperidine rings is 1. The number of benzene rings is 2. The number of carbonyl (C=O) groups excluding carboxylic acids is 2. The molecule has 1 fully saturated rings. The maximum atomic E-state index is 13.2. The molecule has 0 bridgehead atoms. The molecular formula is C23H25Cl3N2O7S. The maximum Gasteiger partial charge on any atom is 0.340 e. The van der Waals surface area contributed by atoms with Gasteiger partial charge in [0.25, 0.3) is 15.9 Å². The minimum atomic E-state index is -4.34. The van der Waals surface area contributed by atoms with Crippen molar-refractivity contribution in [2.45, 2.75) is 24.7 Å². The van der Waals surface area contributed by atoms with E-state index < -0.39 is 27.5 Å². The van der Waals surface area contributed by atoms with Crippen molar-refractivity contribution in [2.24, 2.45) is 5.92 Å². The number of nitrogens with zero attached hydrogens (tertiary/aromatic N) is 1. The van der Waals surface area contributed by atoms with Crippen LogP contribution in [0.5, 0.6) is 11.5 Å². The number of ether oxygens (including phenoxy) is 3. The zero-order valence-electron chi connectivity index (χ0n) is 19.8. The first kappa shape index (κ1) is 28.2. The second-order valence-corrected chi connectivity index (χ2v) is 11.1. The van der Waals surface area contributed by atoms with E-state index in [1.54, 1.807) is 4.90 Å². The van der Waals surface area contributed by atoms with Crippen LogP contribution in [0.4, 0.5) is 5.69 Å². The topological polar surface area (TPSA) is 111 Å². The molecule has 1 atom stereocenters. The SMILES string of the molecule is COc1cc(OC)c(NS(=O)(=O)c2cc(C(=O)OCC(=O)N3CCCC(C)C3)c(Cl)cc2Cl)cc1Cl. The molecule has 3 rings (SSSR count). The minimum absolute atomic E-state index is 0.0137. The van der Waals surface area contributed by atoms with E-state index in [2.05, 4.69) is 4.72 Å². The van der Waals surface area contributed by atoms with E-state index in [4.69, 9.17) is 49.0 Å². The lowest BCUT2D eigenvalue weighted by molar-refractivity contribution is -0.136. The van der Waals surface area contributed by atoms with Crippen molar-refractivity contribution in [3.05, 3.63) is 44.9 Å². The van der Waals surface area contributed by atoms with Gasteiger partial charge in [0.05, 0.1) is 40.5 Å². The van der Waals surface area contributed by atoms with Crippen molar-refractivity contribution in [1.82, 2.24) is 4.90 Å². The van der Waals surface area contributed by atoms with E-state index in [1.807, 2.05) is 6.92 Å². The van der Waals surface area contributed by atoms with Crippen LogP contribution in [0.25, 0.3) is 0 Å². The molecule has 1 aliphatic heterocycles. The van der Waals surface area contributed by atoms with Crippen molar-refractivity contribution in [1.29, 1.82) is 0 Å². The molecule has 2 aromatic rings. The Morgan fingerprint density at radius 2 is 1.72 bits per heavy atom. The van der Waals surface area contributed by atoms with Crippen LogP contribution in [-0.4, -0.2) is 59.1 Å². The molecule has 36 heavy (non-hydrogen) atoms. The van der Waals surface area contributed by atoms with Crippen molar-refractivity contribution in [3.8, 4) is 11.5 Å². The molecule has 0 saturated carbocycles. The monoisotopic (exact) mass is 578 g/mol. The predicted molar refractivity (Wildman–Crippen MR) is 137 cm³/mol. The van der Waals surface area contributed by atoms with E-state index in [0.717, 1.165) is 25.0 Å². The summed E-state index contributed by atoms with van der Waals surface area (Å²) in [5, 5.41) is -0.232. The highest BCUT2D eigenvalue weighted by Gasteiger charge is 2.27. The van der Waals surface area contributed by atoms with Crippen LogP contribution in [0.2, 0.25) is 15.1 Å². The second kappa shape index (κ2) is 11.8. The lowest BCUT2D eigenvalue weighted by Crippen LogP contribution is -2.41. The summed E-state index contributed by atoms with van der Waals surface area (Å²) in [7, 11) is -1.60. The van der Waals surface area contributed by atoms with Crippen LogP contribution in [0, 0.1) is 5.92 Å². The van der Waals surface area contributed by atoms with Gasteiger partial charge in [-0.3, -0.25) is 9.52 Å². The van der Waals surface area contributed by atoms with Gasteiger partial charge in [0.1, 0.15) is 16.4 Å². The number of methoxy groups -OCH3 is 2. The number of carbonyl (C=O) groups is 2. The fourth-order valence-corrected chi connectivity index (χ4v) is 5.90. The quantitative estimate of drug-likeness (QED) is 0.444. The molecule has 1 amide bonds. The number of anilines is 1. The molecule has 9 nitrogen and oxygen atoms in total. The lowest BCUT2D eigenvalue weighted by atomic mass is 10.0. The lowest BCUT2D eigenvalue weighted by Gasteiger charge is -2.30. The zero-order chi connectivity index (χ0) is 26.6. The molecule has 13 heteroatoms. The summed E-state index contributed by atoms with van der Waals surface area (Å²) in [6.07, 6.45) is 1.91. The average molecular weight is 580 g/mol. The first-order valence-corrected chi connectivity index (χ1v) is 13.5. The molecule has 1 N–H and O–H groups in total. The number of sulfonamides is 1. The van der Waals surface area contributed by atoms with Gasteiger partial charge in [0.2, 0.25) is 0 Å². The Balaban J connectivity index is 1.83. The molecule has 0 radical (unpaired) electrons. The summed E-state index contributed by atoms with van der Waals surface area (Å²) in [6, 6.07) is 4.82. The Bertz CT molecular complexity index is 1270. The molecule has 196 valence electrons. The molecule has 1 saturated heterocycles. The van der Waals surface area contributed by atoms with E-state index in [-0.39, 0.29) is 43.7 Å². The maximum absolute atomic E-state index is 13.2. The molecule has 2 aromatic carbocycles. The van der Waals surface area contributed by atoms with Crippen molar-refractivity contribution in [3.63, 3.8) is 0 Å². The van der Waals surface area contributed by atoms with Gasteiger partial charge in [-0.1, -0.05) is 41.7 Å². The van der Waals surface area contributed by atoms with Crippen LogP contribution in [0.3, 0.4) is 0 Å². The highest BCUT2D eigenvalue weighted by Crippen LogP contribution is 2.38. The first-order chi connectivity index (χ1) is 17.0. The zero-order valence-corrected chi connectivity index (χ0v) is 22.9. The normalized spacial score (nSPS) is 15.8. The number of rotatable bonds is 8. The number of halogens is 3. The molecule has 1 heterocycles. The van der Waals surface area contributed by atoms with E-state index in [9.17, 15) is 18.0 Å². The Kier molecular flexibility index (Phi) is 9.21. The third kappa shape index (κ3) is 6.47. The molecule has 0 aromatic heterocycles. The van der Waals surface area contributed by atoms with Gasteiger partial charge in [-0.05, 0) is 37.0 Å². The van der Waals surface area contributed by atoms with E-state index in [1.165, 1.54) is 26.4 Å². The third-order valence-corrected chi connectivity index (χ3v) is 8.02. The standard InChI is InChI=1S/C23H25Cl3N2O7S/c1-13-5-4-6-28(11-13)22(29)12-35-23(30)14-7-21(17(26)8-15(14)24)36(31,32)27-18-9-16(25)19(33-2)10-20(18)34-3/h7-10,13,27H,4-6,11-12H2,1-3H3. The second-order valence-electron chi connectivity index (χ2n) is 8.22. The fraction of sp³-hybridized carbons (Fsp3) is 0.391. The van der Waals surface area contributed by atoms with Crippen molar-refractivity contribution >= 4 is 62.4 Å². The van der Waals surface area contributed by atoms with Crippen LogP contribution >= 0.6 is 34.8 Å². The van der Waals surface area contributed by atoms with Crippen LogP contribution in [0.15, 0.2) is 29.2 Å². The number of esters is 1. The van der Waals surface area contributed by atoms with Gasteiger partial charge in [-0.15, -0.1) is 0 Å². The van der Waals surface area contributed by atoms with Gasteiger partial charge >= 0.3 is 5.97 Å². The van der Waals surface area contributed by atoms with Crippen LogP contribution < -0.4 is 14.2 Å². The Morgan fingerprint density at radius 3 is 2.36 bits per heavy atom. The molecule has 1 aliphatic rings. The fourth-order valence-electron chi connectivity index (χ4n) is 3.74. The number of amides is 1. The van der Waals surface area contributed by atoms with Gasteiger partial charge < -0.3 is 19.1 Å². The highest BCUT2D eigenvalue weighted by atomic mass is 35.5. The number of hydrogen-bond donors (Lipinski definition) is 1. The third-order valence-electron chi connectivity index (χ3n) is 5.59. The van der Waals surface area contributed by atoms with Gasteiger partial charge in [0, 0.05) is 19.2 Å². The van der Waals surface area contributed by atoms with Crippen LogP contribution in [-0.2, 0) is 19.6 Å².